The Balaban J connectivity index is 0. The first kappa shape index (κ1) is 18.3. The number of hydrogen-bond donors (Lipinski definition) is 3. The van der Waals surface area contributed by atoms with Crippen molar-refractivity contribution in [3.63, 3.8) is 0 Å². The summed E-state index contributed by atoms with van der Waals surface area (Å²) in [5.74, 6) is -1.31. The minimum Gasteiger partial charge on any atom is -0.480 e. The molecule has 0 aliphatic carbocycles. The molecule has 0 saturated carbocycles. The standard InChI is InChI=1S/C8H16N2O3.C4H10/c1-2-3-4-9-5-7(11)10-6-8(12)13;1-3-4-2/h9H,2-6H2,1H3,(H,10,11)(H,12,13);3-4H2,1-2H3. The van der Waals surface area contributed by atoms with Crippen molar-refractivity contribution in [2.75, 3.05) is 19.6 Å². The van der Waals surface area contributed by atoms with E-state index >= 15 is 0 Å². The third-order valence-corrected chi connectivity index (χ3v) is 1.93. The fraction of sp³-hybridized carbons (Fsp3) is 0.833. The molecular weight excluding hydrogens is 220 g/mol. The number of hydrogen-bond acceptors (Lipinski definition) is 3. The number of carboxylic acids is 1. The number of nitrogens with one attached hydrogen (secondary N) is 2. The summed E-state index contributed by atoms with van der Waals surface area (Å²) < 4.78 is 0. The number of unbranched alkanes of at least 4 members (excludes halogenated alkanes) is 2. The van der Waals surface area contributed by atoms with Crippen LogP contribution in [0.5, 0.6) is 0 Å². The molecule has 1 amide bonds. The van der Waals surface area contributed by atoms with Crippen molar-refractivity contribution in [1.82, 2.24) is 10.6 Å². The second-order valence-electron chi connectivity index (χ2n) is 3.70. The Kier molecular flexibility index (Phi) is 16.0. The van der Waals surface area contributed by atoms with Crippen LogP contribution in [0, 0.1) is 0 Å². The fourth-order valence-corrected chi connectivity index (χ4v) is 0.740. The lowest BCUT2D eigenvalue weighted by atomic mass is 10.3. The zero-order valence-electron chi connectivity index (χ0n) is 11.2. The van der Waals surface area contributed by atoms with Crippen LogP contribution in [-0.2, 0) is 9.59 Å². The van der Waals surface area contributed by atoms with Gasteiger partial charge < -0.3 is 15.7 Å². The van der Waals surface area contributed by atoms with E-state index in [-0.39, 0.29) is 19.0 Å². The predicted molar refractivity (Wildman–Crippen MR) is 69.0 cm³/mol. The van der Waals surface area contributed by atoms with E-state index < -0.39 is 5.97 Å². The highest BCUT2D eigenvalue weighted by atomic mass is 16.4. The van der Waals surface area contributed by atoms with Gasteiger partial charge in [-0.05, 0) is 13.0 Å². The predicted octanol–water partition coefficient (Wildman–Crippen LogP) is 1.38. The first-order valence-electron chi connectivity index (χ1n) is 6.27. The van der Waals surface area contributed by atoms with Crippen LogP contribution in [-0.4, -0.2) is 36.6 Å². The van der Waals surface area contributed by atoms with Gasteiger partial charge in [-0.25, -0.2) is 0 Å². The van der Waals surface area contributed by atoms with Crippen molar-refractivity contribution in [2.24, 2.45) is 0 Å². The lowest BCUT2D eigenvalue weighted by Gasteiger charge is -2.03. The first-order valence-corrected chi connectivity index (χ1v) is 6.27. The van der Waals surface area contributed by atoms with Crippen LogP contribution in [0.4, 0.5) is 0 Å². The van der Waals surface area contributed by atoms with Crippen LogP contribution < -0.4 is 10.6 Å². The molecule has 5 nitrogen and oxygen atoms in total. The zero-order valence-corrected chi connectivity index (χ0v) is 11.2. The minimum absolute atomic E-state index is 0.188. The van der Waals surface area contributed by atoms with E-state index in [0.29, 0.717) is 0 Å². The average Bonchev–Trinajstić information content (AvgIpc) is 2.32. The topological polar surface area (TPSA) is 78.4 Å². The highest BCUT2D eigenvalue weighted by molar-refractivity contribution is 5.82. The molecule has 17 heavy (non-hydrogen) atoms. The molecule has 102 valence electrons. The van der Waals surface area contributed by atoms with Gasteiger partial charge in [0.1, 0.15) is 6.54 Å². The molecule has 0 spiro atoms. The van der Waals surface area contributed by atoms with Crippen molar-refractivity contribution >= 4 is 11.9 Å². The molecule has 0 aromatic carbocycles. The number of carbonyl (C=O) groups excluding carboxylic acids is 1. The van der Waals surface area contributed by atoms with Gasteiger partial charge in [0, 0.05) is 0 Å². The number of amides is 1. The molecule has 5 heteroatoms. The quantitative estimate of drug-likeness (QED) is 0.565. The van der Waals surface area contributed by atoms with Crippen LogP contribution in [0.25, 0.3) is 0 Å². The summed E-state index contributed by atoms with van der Waals surface area (Å²) in [7, 11) is 0. The zero-order chi connectivity index (χ0) is 13.5. The molecule has 3 N–H and O–H groups in total. The normalized spacial score (nSPS) is 9.12. The molecule has 0 rings (SSSR count). The molecular formula is C12H26N2O3. The summed E-state index contributed by atoms with van der Waals surface area (Å²) >= 11 is 0. The highest BCUT2D eigenvalue weighted by Gasteiger charge is 2.01. The Morgan fingerprint density at radius 2 is 1.59 bits per heavy atom. The third kappa shape index (κ3) is 20.9. The van der Waals surface area contributed by atoms with Gasteiger partial charge in [0.15, 0.2) is 0 Å². The lowest BCUT2D eigenvalue weighted by Crippen LogP contribution is -2.37. The molecule has 0 aliphatic heterocycles. The van der Waals surface area contributed by atoms with E-state index in [4.69, 9.17) is 5.11 Å². The SMILES string of the molecule is CCCC.CCCCNCC(=O)NCC(=O)O. The third-order valence-electron chi connectivity index (χ3n) is 1.93. The van der Waals surface area contributed by atoms with Gasteiger partial charge >= 0.3 is 5.97 Å². The Morgan fingerprint density at radius 1 is 1.00 bits per heavy atom. The lowest BCUT2D eigenvalue weighted by molar-refractivity contribution is -0.137. The monoisotopic (exact) mass is 246 g/mol. The molecule has 0 saturated heterocycles. The maximum atomic E-state index is 10.9. The molecule has 0 aromatic rings. The van der Waals surface area contributed by atoms with Gasteiger partial charge in [-0.2, -0.15) is 0 Å². The van der Waals surface area contributed by atoms with Gasteiger partial charge in [0.25, 0.3) is 0 Å². The van der Waals surface area contributed by atoms with Crippen molar-refractivity contribution in [3.05, 3.63) is 0 Å². The van der Waals surface area contributed by atoms with Gasteiger partial charge in [0.2, 0.25) is 5.91 Å². The Bertz CT molecular complexity index is 194. The molecule has 0 aliphatic rings. The van der Waals surface area contributed by atoms with Crippen molar-refractivity contribution < 1.29 is 14.7 Å². The fourth-order valence-electron chi connectivity index (χ4n) is 0.740. The Hall–Kier alpha value is -1.10. The summed E-state index contributed by atoms with van der Waals surface area (Å²) in [5.41, 5.74) is 0. The van der Waals surface area contributed by atoms with Crippen LogP contribution in [0.2, 0.25) is 0 Å². The minimum atomic E-state index is -1.03. The number of carboxylic acid groups (broad SMARTS) is 1. The van der Waals surface area contributed by atoms with E-state index in [2.05, 4.69) is 31.4 Å². The van der Waals surface area contributed by atoms with Gasteiger partial charge in [-0.1, -0.05) is 40.0 Å². The summed E-state index contributed by atoms with van der Waals surface area (Å²) in [6.07, 6.45) is 4.73. The Morgan fingerprint density at radius 3 is 2.00 bits per heavy atom. The van der Waals surface area contributed by atoms with Crippen LogP contribution in [0.15, 0.2) is 0 Å². The molecule has 0 heterocycles. The summed E-state index contributed by atoms with van der Waals surface area (Å²) in [4.78, 5) is 20.9. The maximum absolute atomic E-state index is 10.9. The summed E-state index contributed by atoms with van der Waals surface area (Å²) in [6, 6.07) is 0. The second kappa shape index (κ2) is 14.9. The molecule has 0 aromatic heterocycles. The van der Waals surface area contributed by atoms with Crippen molar-refractivity contribution in [3.8, 4) is 0 Å². The van der Waals surface area contributed by atoms with E-state index in [1.165, 1.54) is 12.8 Å². The molecule has 0 bridgehead atoms. The number of rotatable bonds is 8. The Labute approximate surface area is 104 Å². The second-order valence-corrected chi connectivity index (χ2v) is 3.70. The first-order chi connectivity index (χ1) is 8.08. The smallest absolute Gasteiger partial charge is 0.322 e. The highest BCUT2D eigenvalue weighted by Crippen LogP contribution is 1.81. The van der Waals surface area contributed by atoms with Crippen LogP contribution in [0.1, 0.15) is 46.5 Å². The van der Waals surface area contributed by atoms with Crippen LogP contribution >= 0.6 is 0 Å². The van der Waals surface area contributed by atoms with Gasteiger partial charge in [-0.3, -0.25) is 9.59 Å². The van der Waals surface area contributed by atoms with E-state index in [9.17, 15) is 9.59 Å². The molecule has 0 fully saturated rings. The number of aliphatic carboxylic acids is 1. The summed E-state index contributed by atoms with van der Waals surface area (Å²) in [6.45, 7) is 7.09. The average molecular weight is 246 g/mol. The largest absolute Gasteiger partial charge is 0.480 e. The number of carbonyl (C=O) groups is 2. The van der Waals surface area contributed by atoms with Crippen molar-refractivity contribution in [2.45, 2.75) is 46.5 Å². The molecule has 0 radical (unpaired) electrons. The molecule has 0 atom stereocenters. The van der Waals surface area contributed by atoms with E-state index in [0.717, 1.165) is 19.4 Å². The summed E-state index contributed by atoms with van der Waals surface area (Å²) in [5, 5.41) is 13.4. The molecule has 0 unspecified atom stereocenters. The van der Waals surface area contributed by atoms with Crippen molar-refractivity contribution in [1.29, 1.82) is 0 Å². The van der Waals surface area contributed by atoms with E-state index in [1.54, 1.807) is 0 Å². The van der Waals surface area contributed by atoms with E-state index in [1.807, 2.05) is 0 Å². The van der Waals surface area contributed by atoms with Gasteiger partial charge in [-0.15, -0.1) is 0 Å². The van der Waals surface area contributed by atoms with Gasteiger partial charge in [0.05, 0.1) is 6.54 Å². The van der Waals surface area contributed by atoms with Crippen LogP contribution in [0.3, 0.4) is 0 Å². The maximum Gasteiger partial charge on any atom is 0.322 e.